The highest BCUT2D eigenvalue weighted by molar-refractivity contribution is 5.85. The number of pyridine rings is 1. The standard InChI is InChI=1S/C14H20N2O2/c1-2-10-5-3-6-11(9-10)15-13-8-4-7-12(16-13)14(17)18/h4,7-8,10-11H,2-3,5-6,9H2,1H3,(H,15,16)(H,17,18). The van der Waals surface area contributed by atoms with Crippen LogP contribution in [0.25, 0.3) is 0 Å². The average Bonchev–Trinajstić information content (AvgIpc) is 2.39. The lowest BCUT2D eigenvalue weighted by Gasteiger charge is -2.29. The van der Waals surface area contributed by atoms with Crippen molar-refractivity contribution in [1.29, 1.82) is 0 Å². The van der Waals surface area contributed by atoms with E-state index in [0.29, 0.717) is 11.9 Å². The Labute approximate surface area is 107 Å². The Balaban J connectivity index is 2.00. The summed E-state index contributed by atoms with van der Waals surface area (Å²) in [4.78, 5) is 15.0. The topological polar surface area (TPSA) is 62.2 Å². The first-order chi connectivity index (χ1) is 8.69. The Morgan fingerprint density at radius 3 is 3.06 bits per heavy atom. The Hall–Kier alpha value is -1.58. The third-order valence-corrected chi connectivity index (χ3v) is 3.68. The molecule has 1 aromatic heterocycles. The minimum Gasteiger partial charge on any atom is -0.477 e. The van der Waals surface area contributed by atoms with Crippen molar-refractivity contribution in [3.05, 3.63) is 23.9 Å². The van der Waals surface area contributed by atoms with Crippen LogP contribution in [0.2, 0.25) is 0 Å². The SMILES string of the molecule is CCC1CCCC(Nc2cccc(C(=O)O)n2)C1. The molecular weight excluding hydrogens is 228 g/mol. The van der Waals surface area contributed by atoms with Crippen LogP contribution in [-0.4, -0.2) is 22.1 Å². The van der Waals surface area contributed by atoms with Gasteiger partial charge in [-0.1, -0.05) is 32.3 Å². The Kier molecular flexibility index (Phi) is 4.18. The molecule has 2 rings (SSSR count). The van der Waals surface area contributed by atoms with E-state index in [1.54, 1.807) is 6.07 Å². The number of aromatic carboxylic acids is 1. The van der Waals surface area contributed by atoms with E-state index in [2.05, 4.69) is 17.2 Å². The van der Waals surface area contributed by atoms with Gasteiger partial charge in [0.2, 0.25) is 0 Å². The van der Waals surface area contributed by atoms with Crippen LogP contribution in [0.3, 0.4) is 0 Å². The van der Waals surface area contributed by atoms with Gasteiger partial charge >= 0.3 is 5.97 Å². The summed E-state index contributed by atoms with van der Waals surface area (Å²) in [6.07, 6.45) is 6.10. The van der Waals surface area contributed by atoms with Gasteiger partial charge in [-0.05, 0) is 30.9 Å². The maximum absolute atomic E-state index is 10.9. The zero-order valence-corrected chi connectivity index (χ0v) is 10.7. The van der Waals surface area contributed by atoms with E-state index in [4.69, 9.17) is 5.11 Å². The quantitative estimate of drug-likeness (QED) is 0.859. The average molecular weight is 248 g/mol. The molecule has 1 saturated carbocycles. The molecule has 2 N–H and O–H groups in total. The lowest BCUT2D eigenvalue weighted by atomic mass is 9.84. The van der Waals surface area contributed by atoms with Gasteiger partial charge < -0.3 is 10.4 Å². The van der Waals surface area contributed by atoms with Gasteiger partial charge in [-0.15, -0.1) is 0 Å². The fourth-order valence-electron chi connectivity index (χ4n) is 2.64. The molecule has 1 heterocycles. The maximum Gasteiger partial charge on any atom is 0.354 e. The van der Waals surface area contributed by atoms with E-state index in [0.717, 1.165) is 18.8 Å². The molecule has 2 atom stereocenters. The number of carboxylic acids is 1. The number of rotatable bonds is 4. The monoisotopic (exact) mass is 248 g/mol. The van der Waals surface area contributed by atoms with Crippen LogP contribution in [0, 0.1) is 5.92 Å². The maximum atomic E-state index is 10.9. The van der Waals surface area contributed by atoms with Crippen LogP contribution in [-0.2, 0) is 0 Å². The number of nitrogens with one attached hydrogen (secondary N) is 1. The highest BCUT2D eigenvalue weighted by atomic mass is 16.4. The highest BCUT2D eigenvalue weighted by Crippen LogP contribution is 2.28. The van der Waals surface area contributed by atoms with E-state index in [-0.39, 0.29) is 5.69 Å². The lowest BCUT2D eigenvalue weighted by Crippen LogP contribution is -2.27. The van der Waals surface area contributed by atoms with Gasteiger partial charge in [-0.3, -0.25) is 0 Å². The van der Waals surface area contributed by atoms with E-state index >= 15 is 0 Å². The van der Waals surface area contributed by atoms with Crippen molar-refractivity contribution in [3.8, 4) is 0 Å². The molecule has 18 heavy (non-hydrogen) atoms. The minimum atomic E-state index is -0.978. The predicted molar refractivity (Wildman–Crippen MR) is 70.9 cm³/mol. The highest BCUT2D eigenvalue weighted by Gasteiger charge is 2.20. The molecule has 98 valence electrons. The van der Waals surface area contributed by atoms with Gasteiger partial charge in [-0.2, -0.15) is 0 Å². The normalized spacial score (nSPS) is 23.6. The fraction of sp³-hybridized carbons (Fsp3) is 0.571. The van der Waals surface area contributed by atoms with Gasteiger partial charge in [-0.25, -0.2) is 9.78 Å². The van der Waals surface area contributed by atoms with E-state index in [1.165, 1.54) is 25.3 Å². The van der Waals surface area contributed by atoms with Crippen molar-refractivity contribution >= 4 is 11.8 Å². The van der Waals surface area contributed by atoms with Crippen LogP contribution in [0.15, 0.2) is 18.2 Å². The first-order valence-corrected chi connectivity index (χ1v) is 6.66. The first kappa shape index (κ1) is 12.9. The number of anilines is 1. The molecule has 0 radical (unpaired) electrons. The van der Waals surface area contributed by atoms with Crippen molar-refractivity contribution in [2.24, 2.45) is 5.92 Å². The van der Waals surface area contributed by atoms with Crippen molar-refractivity contribution < 1.29 is 9.90 Å². The molecule has 2 unspecified atom stereocenters. The molecule has 1 aliphatic rings. The molecule has 1 aliphatic carbocycles. The summed E-state index contributed by atoms with van der Waals surface area (Å²) in [6.45, 7) is 2.23. The summed E-state index contributed by atoms with van der Waals surface area (Å²) in [5.41, 5.74) is 0.0999. The number of aromatic nitrogens is 1. The van der Waals surface area contributed by atoms with Gasteiger partial charge in [0.25, 0.3) is 0 Å². The summed E-state index contributed by atoms with van der Waals surface area (Å²) < 4.78 is 0. The van der Waals surface area contributed by atoms with Gasteiger partial charge in [0.05, 0.1) is 0 Å². The Morgan fingerprint density at radius 2 is 2.33 bits per heavy atom. The molecule has 1 fully saturated rings. The van der Waals surface area contributed by atoms with Crippen LogP contribution in [0.5, 0.6) is 0 Å². The molecule has 0 bridgehead atoms. The van der Waals surface area contributed by atoms with E-state index < -0.39 is 5.97 Å². The third kappa shape index (κ3) is 3.22. The number of nitrogens with zero attached hydrogens (tertiary/aromatic N) is 1. The first-order valence-electron chi connectivity index (χ1n) is 6.66. The van der Waals surface area contributed by atoms with Crippen LogP contribution < -0.4 is 5.32 Å². The summed E-state index contributed by atoms with van der Waals surface area (Å²) in [5, 5.41) is 12.3. The van der Waals surface area contributed by atoms with Crippen molar-refractivity contribution in [2.75, 3.05) is 5.32 Å². The second kappa shape index (κ2) is 5.85. The molecule has 0 saturated heterocycles. The molecule has 4 heteroatoms. The van der Waals surface area contributed by atoms with Gasteiger partial charge in [0.1, 0.15) is 5.82 Å². The van der Waals surface area contributed by atoms with Gasteiger partial charge in [0.15, 0.2) is 5.69 Å². The zero-order chi connectivity index (χ0) is 13.0. The molecule has 0 aliphatic heterocycles. The van der Waals surface area contributed by atoms with Crippen molar-refractivity contribution in [2.45, 2.75) is 45.1 Å². The molecule has 1 aromatic rings. The molecular formula is C14H20N2O2. The van der Waals surface area contributed by atoms with Crippen molar-refractivity contribution in [3.63, 3.8) is 0 Å². The summed E-state index contributed by atoms with van der Waals surface area (Å²) in [6, 6.07) is 5.52. The number of hydrogen-bond acceptors (Lipinski definition) is 3. The predicted octanol–water partition coefficient (Wildman–Crippen LogP) is 3.16. The summed E-state index contributed by atoms with van der Waals surface area (Å²) in [5.74, 6) is 0.490. The zero-order valence-electron chi connectivity index (χ0n) is 10.7. The fourth-order valence-corrected chi connectivity index (χ4v) is 2.64. The number of carboxylic acid groups (broad SMARTS) is 1. The third-order valence-electron chi connectivity index (χ3n) is 3.68. The second-order valence-corrected chi connectivity index (χ2v) is 5.00. The smallest absolute Gasteiger partial charge is 0.354 e. The van der Waals surface area contributed by atoms with E-state index in [1.807, 2.05) is 6.07 Å². The summed E-state index contributed by atoms with van der Waals surface area (Å²) in [7, 11) is 0. The van der Waals surface area contributed by atoms with Crippen LogP contribution >= 0.6 is 0 Å². The molecule has 4 nitrogen and oxygen atoms in total. The van der Waals surface area contributed by atoms with Crippen LogP contribution in [0.4, 0.5) is 5.82 Å². The molecule has 0 amide bonds. The minimum absolute atomic E-state index is 0.0999. The van der Waals surface area contributed by atoms with Crippen LogP contribution in [0.1, 0.15) is 49.5 Å². The molecule has 0 spiro atoms. The van der Waals surface area contributed by atoms with E-state index in [9.17, 15) is 4.79 Å². The Bertz CT molecular complexity index is 420. The van der Waals surface area contributed by atoms with Gasteiger partial charge in [0, 0.05) is 6.04 Å². The number of carbonyl (C=O) groups is 1. The number of hydrogen-bond donors (Lipinski definition) is 2. The second-order valence-electron chi connectivity index (χ2n) is 5.00. The lowest BCUT2D eigenvalue weighted by molar-refractivity contribution is 0.0690. The Morgan fingerprint density at radius 1 is 1.50 bits per heavy atom. The largest absolute Gasteiger partial charge is 0.477 e. The van der Waals surface area contributed by atoms with Crippen molar-refractivity contribution in [1.82, 2.24) is 4.98 Å². The summed E-state index contributed by atoms with van der Waals surface area (Å²) >= 11 is 0. The molecule has 0 aromatic carbocycles.